The van der Waals surface area contributed by atoms with Crippen LogP contribution in [0.4, 0.5) is 0 Å². The largest absolute Gasteiger partial charge is 0.481 e. The maximum Gasteiger partial charge on any atom is 0.303 e. The summed E-state index contributed by atoms with van der Waals surface area (Å²) in [5.74, 6) is -0.0666. The second-order valence-electron chi connectivity index (χ2n) is 6.02. The van der Waals surface area contributed by atoms with Gasteiger partial charge in [-0.15, -0.1) is 0 Å². The zero-order chi connectivity index (χ0) is 13.5. The second kappa shape index (κ2) is 7.85. The molecule has 0 aliphatic carbocycles. The molecule has 2 aliphatic heterocycles. The number of hydrogen-bond acceptors (Lipinski definition) is 3. The van der Waals surface area contributed by atoms with E-state index in [1.165, 1.54) is 45.1 Å². The van der Waals surface area contributed by atoms with Gasteiger partial charge in [0.25, 0.3) is 0 Å². The van der Waals surface area contributed by atoms with Crippen molar-refractivity contribution in [3.63, 3.8) is 0 Å². The van der Waals surface area contributed by atoms with E-state index in [0.717, 1.165) is 26.1 Å². The number of likely N-dealkylation sites (tertiary alicyclic amines) is 1. The summed E-state index contributed by atoms with van der Waals surface area (Å²) in [5.41, 5.74) is 0. The molecular weight excluding hydrogens is 242 g/mol. The lowest BCUT2D eigenvalue weighted by Gasteiger charge is -2.32. The molecule has 0 aromatic rings. The third-order valence-electron chi connectivity index (χ3n) is 4.39. The molecule has 1 N–H and O–H groups in total. The molecule has 2 saturated heterocycles. The van der Waals surface area contributed by atoms with Crippen LogP contribution >= 0.6 is 0 Å². The van der Waals surface area contributed by atoms with Crippen LogP contribution in [0.3, 0.4) is 0 Å². The predicted octanol–water partition coefficient (Wildman–Crippen LogP) is 2.52. The lowest BCUT2D eigenvalue weighted by molar-refractivity contribution is -0.137. The highest BCUT2D eigenvalue weighted by molar-refractivity contribution is 5.66. The van der Waals surface area contributed by atoms with Crippen molar-refractivity contribution in [2.45, 2.75) is 57.5 Å². The van der Waals surface area contributed by atoms with Crippen molar-refractivity contribution < 1.29 is 14.6 Å². The van der Waals surface area contributed by atoms with Crippen molar-refractivity contribution in [1.29, 1.82) is 0 Å². The molecule has 2 atom stereocenters. The van der Waals surface area contributed by atoms with Crippen LogP contribution in [0.2, 0.25) is 0 Å². The molecule has 110 valence electrons. The Morgan fingerprint density at radius 2 is 2.16 bits per heavy atom. The third-order valence-corrected chi connectivity index (χ3v) is 4.39. The number of nitrogens with zero attached hydrogens (tertiary/aromatic N) is 1. The summed E-state index contributed by atoms with van der Waals surface area (Å²) in [6.45, 7) is 4.39. The first-order valence-electron chi connectivity index (χ1n) is 7.80. The Morgan fingerprint density at radius 1 is 1.26 bits per heavy atom. The molecule has 0 amide bonds. The first kappa shape index (κ1) is 14.8. The Bertz CT molecular complexity index is 277. The number of carboxylic acids is 1. The van der Waals surface area contributed by atoms with Gasteiger partial charge in [0.05, 0.1) is 6.10 Å². The molecule has 0 bridgehead atoms. The molecule has 0 spiro atoms. The fraction of sp³-hybridized carbons (Fsp3) is 0.933. The lowest BCUT2D eigenvalue weighted by atomic mass is 9.93. The second-order valence-corrected chi connectivity index (χ2v) is 6.02. The topological polar surface area (TPSA) is 49.8 Å². The summed E-state index contributed by atoms with van der Waals surface area (Å²) < 4.78 is 5.64. The number of carbonyl (C=O) groups is 1. The zero-order valence-electron chi connectivity index (χ0n) is 11.9. The SMILES string of the molecule is O=C(O)CCC1CCCN(CCCC2CCCO2)C1. The number of carboxylic acid groups (broad SMARTS) is 1. The summed E-state index contributed by atoms with van der Waals surface area (Å²) >= 11 is 0. The normalized spacial score (nSPS) is 28.6. The summed E-state index contributed by atoms with van der Waals surface area (Å²) in [6, 6.07) is 0. The Hall–Kier alpha value is -0.610. The summed E-state index contributed by atoms with van der Waals surface area (Å²) in [6.07, 6.45) is 8.98. The van der Waals surface area contributed by atoms with E-state index < -0.39 is 5.97 Å². The molecule has 0 saturated carbocycles. The van der Waals surface area contributed by atoms with Crippen molar-refractivity contribution in [2.24, 2.45) is 5.92 Å². The standard InChI is InChI=1S/C15H27NO3/c17-15(18)8-7-13-4-1-9-16(12-13)10-2-5-14-6-3-11-19-14/h13-14H,1-12H2,(H,17,18). The molecule has 2 heterocycles. The Balaban J connectivity index is 1.59. The summed E-state index contributed by atoms with van der Waals surface area (Å²) in [5, 5.41) is 8.75. The van der Waals surface area contributed by atoms with Crippen LogP contribution in [-0.4, -0.2) is 48.3 Å². The molecule has 2 unspecified atom stereocenters. The average Bonchev–Trinajstić information content (AvgIpc) is 2.90. The van der Waals surface area contributed by atoms with Gasteiger partial charge in [0.15, 0.2) is 0 Å². The minimum Gasteiger partial charge on any atom is -0.481 e. The predicted molar refractivity (Wildman–Crippen MR) is 74.2 cm³/mol. The zero-order valence-corrected chi connectivity index (χ0v) is 11.9. The van der Waals surface area contributed by atoms with Gasteiger partial charge < -0.3 is 14.7 Å². The van der Waals surface area contributed by atoms with Crippen molar-refractivity contribution in [1.82, 2.24) is 4.90 Å². The van der Waals surface area contributed by atoms with E-state index >= 15 is 0 Å². The Morgan fingerprint density at radius 3 is 2.89 bits per heavy atom. The van der Waals surface area contributed by atoms with Gasteiger partial charge in [-0.1, -0.05) is 0 Å². The van der Waals surface area contributed by atoms with Crippen molar-refractivity contribution in [3.05, 3.63) is 0 Å². The minimum atomic E-state index is -0.657. The Labute approximate surface area is 116 Å². The number of aliphatic carboxylic acids is 1. The maximum absolute atomic E-state index is 10.6. The van der Waals surface area contributed by atoms with Crippen LogP contribution in [0.25, 0.3) is 0 Å². The van der Waals surface area contributed by atoms with Crippen LogP contribution in [0.15, 0.2) is 0 Å². The van der Waals surface area contributed by atoms with Crippen LogP contribution < -0.4 is 0 Å². The molecule has 4 nitrogen and oxygen atoms in total. The van der Waals surface area contributed by atoms with Crippen molar-refractivity contribution in [3.8, 4) is 0 Å². The van der Waals surface area contributed by atoms with Gasteiger partial charge >= 0.3 is 5.97 Å². The van der Waals surface area contributed by atoms with Crippen LogP contribution in [0.1, 0.15) is 51.4 Å². The van der Waals surface area contributed by atoms with Gasteiger partial charge in [-0.25, -0.2) is 0 Å². The highest BCUT2D eigenvalue weighted by Crippen LogP contribution is 2.22. The average molecular weight is 269 g/mol. The van der Waals surface area contributed by atoms with Gasteiger partial charge in [0.1, 0.15) is 0 Å². The lowest BCUT2D eigenvalue weighted by Crippen LogP contribution is -2.36. The fourth-order valence-corrected chi connectivity index (χ4v) is 3.33. The van der Waals surface area contributed by atoms with E-state index in [9.17, 15) is 4.79 Å². The van der Waals surface area contributed by atoms with E-state index in [1.807, 2.05) is 0 Å². The highest BCUT2D eigenvalue weighted by atomic mass is 16.5. The van der Waals surface area contributed by atoms with Gasteiger partial charge in [0.2, 0.25) is 0 Å². The van der Waals surface area contributed by atoms with Crippen LogP contribution in [0.5, 0.6) is 0 Å². The molecule has 0 radical (unpaired) electrons. The van der Waals surface area contributed by atoms with E-state index in [0.29, 0.717) is 18.4 Å². The number of hydrogen-bond donors (Lipinski definition) is 1. The number of piperidine rings is 1. The van der Waals surface area contributed by atoms with E-state index in [2.05, 4.69) is 4.90 Å². The van der Waals surface area contributed by atoms with Crippen molar-refractivity contribution >= 4 is 5.97 Å². The maximum atomic E-state index is 10.6. The van der Waals surface area contributed by atoms with Gasteiger partial charge in [0, 0.05) is 19.6 Å². The number of ether oxygens (including phenoxy) is 1. The van der Waals surface area contributed by atoms with Crippen molar-refractivity contribution in [2.75, 3.05) is 26.2 Å². The van der Waals surface area contributed by atoms with Crippen LogP contribution in [-0.2, 0) is 9.53 Å². The van der Waals surface area contributed by atoms with Gasteiger partial charge in [-0.2, -0.15) is 0 Å². The minimum absolute atomic E-state index is 0.328. The quantitative estimate of drug-likeness (QED) is 0.771. The third kappa shape index (κ3) is 5.49. The van der Waals surface area contributed by atoms with Gasteiger partial charge in [-0.05, 0) is 64.0 Å². The van der Waals surface area contributed by atoms with E-state index in [1.54, 1.807) is 0 Å². The van der Waals surface area contributed by atoms with Gasteiger partial charge in [-0.3, -0.25) is 4.79 Å². The molecule has 2 fully saturated rings. The first-order valence-corrected chi connectivity index (χ1v) is 7.80. The first-order chi connectivity index (χ1) is 9.24. The molecule has 0 aromatic carbocycles. The monoisotopic (exact) mass is 269 g/mol. The van der Waals surface area contributed by atoms with E-state index in [4.69, 9.17) is 9.84 Å². The molecule has 4 heteroatoms. The number of rotatable bonds is 7. The Kier molecular flexibility index (Phi) is 6.11. The smallest absolute Gasteiger partial charge is 0.303 e. The molecule has 19 heavy (non-hydrogen) atoms. The molecular formula is C15H27NO3. The molecule has 2 aliphatic rings. The van der Waals surface area contributed by atoms with E-state index in [-0.39, 0.29) is 0 Å². The summed E-state index contributed by atoms with van der Waals surface area (Å²) in [4.78, 5) is 13.1. The van der Waals surface area contributed by atoms with Crippen LogP contribution in [0, 0.1) is 5.92 Å². The highest BCUT2D eigenvalue weighted by Gasteiger charge is 2.21. The molecule has 0 aromatic heterocycles. The fourth-order valence-electron chi connectivity index (χ4n) is 3.33. The molecule has 2 rings (SSSR count). The summed E-state index contributed by atoms with van der Waals surface area (Å²) in [7, 11) is 0.